The maximum Gasteiger partial charge on any atom is 0.245 e. The zero-order valence-electron chi connectivity index (χ0n) is 12.0. The van der Waals surface area contributed by atoms with Crippen LogP contribution in [0.2, 0.25) is 0 Å². The summed E-state index contributed by atoms with van der Waals surface area (Å²) in [5.41, 5.74) is 1.98. The third-order valence-electron chi connectivity index (χ3n) is 3.63. The Morgan fingerprint density at radius 2 is 2.19 bits per heavy atom. The van der Waals surface area contributed by atoms with Crippen LogP contribution in [0.15, 0.2) is 28.8 Å². The molecular weight excluding hydrogens is 290 g/mol. The fourth-order valence-electron chi connectivity index (χ4n) is 2.66. The van der Waals surface area contributed by atoms with Gasteiger partial charge in [0.2, 0.25) is 21.7 Å². The van der Waals surface area contributed by atoms with Gasteiger partial charge in [-0.1, -0.05) is 28.9 Å². The van der Waals surface area contributed by atoms with Crippen LogP contribution in [0.4, 0.5) is 0 Å². The molecule has 112 valence electrons. The summed E-state index contributed by atoms with van der Waals surface area (Å²) in [6, 6.07) is 7.46. The zero-order chi connectivity index (χ0) is 15.0. The third kappa shape index (κ3) is 2.84. The van der Waals surface area contributed by atoms with Crippen molar-refractivity contribution >= 4 is 10.0 Å². The molecule has 1 saturated heterocycles. The van der Waals surface area contributed by atoms with E-state index in [9.17, 15) is 8.42 Å². The highest BCUT2D eigenvalue weighted by Gasteiger charge is 2.36. The van der Waals surface area contributed by atoms with E-state index in [1.54, 1.807) is 0 Å². The van der Waals surface area contributed by atoms with Crippen molar-refractivity contribution in [3.63, 3.8) is 0 Å². The molecule has 2 heterocycles. The van der Waals surface area contributed by atoms with Crippen LogP contribution in [-0.2, 0) is 10.0 Å². The summed E-state index contributed by atoms with van der Waals surface area (Å²) < 4.78 is 30.3. The molecule has 0 saturated carbocycles. The average molecular weight is 307 g/mol. The molecule has 0 radical (unpaired) electrons. The number of rotatable bonds is 3. The van der Waals surface area contributed by atoms with Gasteiger partial charge in [-0.15, -0.1) is 0 Å². The number of sulfonamides is 1. The lowest BCUT2D eigenvalue weighted by atomic mass is 10.1. The van der Waals surface area contributed by atoms with Gasteiger partial charge in [0.25, 0.3) is 0 Å². The Bertz CT molecular complexity index is 754. The maximum absolute atomic E-state index is 11.8. The number of hydrogen-bond donors (Lipinski definition) is 0. The van der Waals surface area contributed by atoms with Gasteiger partial charge < -0.3 is 4.52 Å². The Hall–Kier alpha value is -1.73. The summed E-state index contributed by atoms with van der Waals surface area (Å²) in [5.74, 6) is 0.864. The molecule has 0 aliphatic carbocycles. The van der Waals surface area contributed by atoms with Crippen molar-refractivity contribution in [1.82, 2.24) is 14.4 Å². The van der Waals surface area contributed by atoms with Gasteiger partial charge >= 0.3 is 0 Å². The third-order valence-corrected chi connectivity index (χ3v) is 4.92. The minimum absolute atomic E-state index is 0.342. The van der Waals surface area contributed by atoms with Crippen molar-refractivity contribution < 1.29 is 12.9 Å². The van der Waals surface area contributed by atoms with Gasteiger partial charge in [-0.3, -0.25) is 0 Å². The Balaban J connectivity index is 1.92. The topological polar surface area (TPSA) is 76.3 Å². The van der Waals surface area contributed by atoms with Crippen molar-refractivity contribution in [3.8, 4) is 11.4 Å². The molecule has 7 heteroatoms. The molecule has 0 amide bonds. The van der Waals surface area contributed by atoms with Gasteiger partial charge in [0.05, 0.1) is 6.26 Å². The van der Waals surface area contributed by atoms with Crippen LogP contribution in [0.1, 0.15) is 30.3 Å². The van der Waals surface area contributed by atoms with Crippen molar-refractivity contribution in [1.29, 1.82) is 0 Å². The van der Waals surface area contributed by atoms with Gasteiger partial charge in [-0.2, -0.15) is 9.29 Å². The second-order valence-electron chi connectivity index (χ2n) is 5.36. The minimum Gasteiger partial charge on any atom is -0.337 e. The van der Waals surface area contributed by atoms with E-state index in [0.717, 1.165) is 17.5 Å². The van der Waals surface area contributed by atoms with E-state index in [2.05, 4.69) is 10.1 Å². The van der Waals surface area contributed by atoms with Crippen LogP contribution >= 0.6 is 0 Å². The van der Waals surface area contributed by atoms with E-state index in [1.807, 2.05) is 31.2 Å². The molecule has 1 aliphatic heterocycles. The summed E-state index contributed by atoms with van der Waals surface area (Å²) in [6.07, 6.45) is 2.73. The number of nitrogens with zero attached hydrogens (tertiary/aromatic N) is 3. The minimum atomic E-state index is -3.26. The standard InChI is InChI=1S/C14H17N3O3S/c1-10-5-3-6-11(9-10)13-15-14(20-16-13)12-7-4-8-17(12)21(2,18)19/h3,5-6,9,12H,4,7-8H2,1-2H3. The first-order valence-corrected chi connectivity index (χ1v) is 8.67. The predicted molar refractivity (Wildman–Crippen MR) is 78.0 cm³/mol. The first-order chi connectivity index (χ1) is 9.95. The highest BCUT2D eigenvalue weighted by molar-refractivity contribution is 7.88. The lowest BCUT2D eigenvalue weighted by Crippen LogP contribution is -2.29. The molecular formula is C14H17N3O3S. The van der Waals surface area contributed by atoms with E-state index in [0.29, 0.717) is 24.7 Å². The summed E-state index contributed by atoms with van der Waals surface area (Å²) >= 11 is 0. The van der Waals surface area contributed by atoms with E-state index in [1.165, 1.54) is 10.6 Å². The molecule has 1 aliphatic rings. The van der Waals surface area contributed by atoms with E-state index < -0.39 is 10.0 Å². The van der Waals surface area contributed by atoms with Gasteiger partial charge in [0, 0.05) is 12.1 Å². The summed E-state index contributed by atoms with van der Waals surface area (Å²) in [4.78, 5) is 4.38. The quantitative estimate of drug-likeness (QED) is 0.868. The van der Waals surface area contributed by atoms with Crippen LogP contribution in [0.25, 0.3) is 11.4 Å². The van der Waals surface area contributed by atoms with Crippen molar-refractivity contribution in [3.05, 3.63) is 35.7 Å². The smallest absolute Gasteiger partial charge is 0.245 e. The highest BCUT2D eigenvalue weighted by atomic mass is 32.2. The van der Waals surface area contributed by atoms with Crippen LogP contribution in [0.3, 0.4) is 0 Å². The fraction of sp³-hybridized carbons (Fsp3) is 0.429. The van der Waals surface area contributed by atoms with Crippen LogP contribution in [0, 0.1) is 6.92 Å². The predicted octanol–water partition coefficient (Wildman–Crippen LogP) is 2.14. The normalized spacial score (nSPS) is 20.0. The van der Waals surface area contributed by atoms with Crippen molar-refractivity contribution in [2.75, 3.05) is 12.8 Å². The molecule has 1 aromatic carbocycles. The van der Waals surface area contributed by atoms with E-state index >= 15 is 0 Å². The van der Waals surface area contributed by atoms with Gasteiger partial charge in [-0.25, -0.2) is 8.42 Å². The largest absolute Gasteiger partial charge is 0.337 e. The first kappa shape index (κ1) is 14.2. The molecule has 6 nitrogen and oxygen atoms in total. The average Bonchev–Trinajstić information content (AvgIpc) is 3.07. The lowest BCUT2D eigenvalue weighted by Gasteiger charge is -2.18. The highest BCUT2D eigenvalue weighted by Crippen LogP contribution is 2.33. The Labute approximate surface area is 123 Å². The molecule has 0 bridgehead atoms. The van der Waals surface area contributed by atoms with E-state index in [4.69, 9.17) is 4.52 Å². The number of aryl methyl sites for hydroxylation is 1. The van der Waals surface area contributed by atoms with Crippen molar-refractivity contribution in [2.24, 2.45) is 0 Å². The fourth-order valence-corrected chi connectivity index (χ4v) is 3.77. The second kappa shape index (κ2) is 5.23. The summed E-state index contributed by atoms with van der Waals surface area (Å²) in [6.45, 7) is 2.50. The molecule has 0 N–H and O–H groups in total. The summed E-state index contributed by atoms with van der Waals surface area (Å²) in [7, 11) is -3.26. The van der Waals surface area contributed by atoms with Gasteiger partial charge in [-0.05, 0) is 25.8 Å². The Kier molecular flexibility index (Phi) is 3.54. The molecule has 1 fully saturated rings. The number of benzene rings is 1. The van der Waals surface area contributed by atoms with Gasteiger partial charge in [0.1, 0.15) is 6.04 Å². The molecule has 1 unspecified atom stereocenters. The van der Waals surface area contributed by atoms with Gasteiger partial charge in [0.15, 0.2) is 0 Å². The Morgan fingerprint density at radius 1 is 1.38 bits per heavy atom. The number of aromatic nitrogens is 2. The molecule has 21 heavy (non-hydrogen) atoms. The lowest BCUT2D eigenvalue weighted by molar-refractivity contribution is 0.291. The molecule has 1 aromatic heterocycles. The first-order valence-electron chi connectivity index (χ1n) is 6.82. The van der Waals surface area contributed by atoms with Crippen LogP contribution < -0.4 is 0 Å². The molecule has 2 aromatic rings. The zero-order valence-corrected chi connectivity index (χ0v) is 12.8. The molecule has 3 rings (SSSR count). The van der Waals surface area contributed by atoms with Crippen LogP contribution in [-0.4, -0.2) is 35.7 Å². The monoisotopic (exact) mass is 307 g/mol. The maximum atomic E-state index is 11.8. The SMILES string of the molecule is Cc1cccc(-c2noc(C3CCCN3S(C)(=O)=O)n2)c1. The second-order valence-corrected chi connectivity index (χ2v) is 7.29. The Morgan fingerprint density at radius 3 is 2.90 bits per heavy atom. The summed E-state index contributed by atoms with van der Waals surface area (Å²) in [5, 5.41) is 3.98. The van der Waals surface area contributed by atoms with Crippen LogP contribution in [0.5, 0.6) is 0 Å². The van der Waals surface area contributed by atoms with E-state index in [-0.39, 0.29) is 6.04 Å². The molecule has 0 spiro atoms. The van der Waals surface area contributed by atoms with Crippen molar-refractivity contribution in [2.45, 2.75) is 25.8 Å². The number of hydrogen-bond acceptors (Lipinski definition) is 5. The molecule has 1 atom stereocenters.